The first-order valence-electron chi connectivity index (χ1n) is 8.03. The van der Waals surface area contributed by atoms with E-state index < -0.39 is 86.6 Å². The minimum atomic E-state index is -8.64. The molecule has 1 rings (SSSR count). The molecule has 0 aromatic heterocycles. The molecule has 0 aliphatic carbocycles. The Labute approximate surface area is 207 Å². The SMILES string of the molecule is Fc1ccc([I+]C(F)(F)C(F)(F)C(F)(F)C(F)(F)C(F)(F)C(F)(F)C(F)(F)C(F)(F)F)cc1.O=S(=O)([O-])O. The van der Waals surface area contributed by atoms with Gasteiger partial charge in [-0.15, -0.1) is 0 Å². The molecule has 224 valence electrons. The molecule has 1 aromatic carbocycles. The molecule has 0 heterocycles. The first-order chi connectivity index (χ1) is 16.2. The van der Waals surface area contributed by atoms with Crippen LogP contribution >= 0.6 is 0 Å². The van der Waals surface area contributed by atoms with Crippen LogP contribution in [0.25, 0.3) is 0 Å². The number of alkyl halides is 18. The molecule has 4 nitrogen and oxygen atoms in total. The summed E-state index contributed by atoms with van der Waals surface area (Å²) in [6, 6.07) is 1.11. The third-order valence-corrected chi connectivity index (χ3v) is 6.41. The lowest BCUT2D eigenvalue weighted by molar-refractivity contribution is -0.790. The third-order valence-electron chi connectivity index (χ3n) is 3.72. The first kappa shape index (κ1) is 36.6. The molecule has 0 saturated heterocycles. The van der Waals surface area contributed by atoms with Crippen molar-refractivity contribution in [3.8, 4) is 0 Å². The summed E-state index contributed by atoms with van der Waals surface area (Å²) >= 11 is -3.97. The van der Waals surface area contributed by atoms with E-state index in [0.29, 0.717) is 12.1 Å². The first-order valence-corrected chi connectivity index (χ1v) is 11.6. The summed E-state index contributed by atoms with van der Waals surface area (Å²) in [7, 11) is -4.92. The average Bonchev–Trinajstić information content (AvgIpc) is 2.66. The van der Waals surface area contributed by atoms with Gasteiger partial charge in [0, 0.05) is 0 Å². The van der Waals surface area contributed by atoms with Gasteiger partial charge in [0.2, 0.25) is 10.4 Å². The van der Waals surface area contributed by atoms with Crippen LogP contribution in [-0.4, -0.2) is 63.2 Å². The van der Waals surface area contributed by atoms with Crippen molar-refractivity contribution in [2.75, 3.05) is 0 Å². The third kappa shape index (κ3) is 6.64. The van der Waals surface area contributed by atoms with Gasteiger partial charge >= 0.3 is 66.8 Å². The normalized spacial score (nSPS) is 15.2. The van der Waals surface area contributed by atoms with Crippen molar-refractivity contribution in [1.82, 2.24) is 0 Å². The largest absolute Gasteiger partial charge is 0.726 e. The number of halogens is 19. The van der Waals surface area contributed by atoms with Crippen molar-refractivity contribution in [2.45, 2.75) is 45.6 Å². The Balaban J connectivity index is 0.00000249. The molecule has 38 heavy (non-hydrogen) atoms. The van der Waals surface area contributed by atoms with E-state index in [9.17, 15) is 79.0 Å². The van der Waals surface area contributed by atoms with Crippen molar-refractivity contribution in [3.63, 3.8) is 0 Å². The summed E-state index contributed by atoms with van der Waals surface area (Å²) in [5, 5.41) is 0. The summed E-state index contributed by atoms with van der Waals surface area (Å²) in [6.45, 7) is 0. The summed E-state index contributed by atoms with van der Waals surface area (Å²) in [6.07, 6.45) is -7.79. The maximum Gasteiger partial charge on any atom is 0.516 e. The van der Waals surface area contributed by atoms with Crippen LogP contribution in [-0.2, 0) is 10.4 Å². The van der Waals surface area contributed by atoms with Gasteiger partial charge in [-0.3, -0.25) is 4.55 Å². The van der Waals surface area contributed by atoms with Crippen LogP contribution in [0, 0.1) is 9.39 Å². The minimum Gasteiger partial charge on any atom is -0.726 e. The fourth-order valence-corrected chi connectivity index (χ4v) is 4.01. The van der Waals surface area contributed by atoms with E-state index in [1.54, 1.807) is 0 Å². The van der Waals surface area contributed by atoms with E-state index in [0.717, 1.165) is 0 Å². The number of hydrogen-bond donors (Lipinski definition) is 1. The van der Waals surface area contributed by atoms with Gasteiger partial charge < -0.3 is 4.55 Å². The van der Waals surface area contributed by atoms with Crippen LogP contribution in [0.1, 0.15) is 0 Å². The Kier molecular flexibility index (Phi) is 10.1. The highest BCUT2D eigenvalue weighted by Gasteiger charge is 2.97. The molecule has 0 fully saturated rings. The average molecular weight is 738 g/mol. The summed E-state index contributed by atoms with van der Waals surface area (Å²) in [4.78, 5) is 0. The van der Waals surface area contributed by atoms with Gasteiger partial charge in [-0.1, -0.05) is 0 Å². The van der Waals surface area contributed by atoms with E-state index in [-0.39, 0.29) is 12.1 Å². The Morgan fingerprint density at radius 3 is 1.13 bits per heavy atom. The predicted molar refractivity (Wildman–Crippen MR) is 78.1 cm³/mol. The van der Waals surface area contributed by atoms with Crippen molar-refractivity contribution >= 4 is 10.4 Å². The van der Waals surface area contributed by atoms with Crippen LogP contribution in [0.5, 0.6) is 0 Å². The highest BCUT2D eigenvalue weighted by atomic mass is 127. The van der Waals surface area contributed by atoms with Crippen molar-refractivity contribution in [2.24, 2.45) is 0 Å². The van der Waals surface area contributed by atoms with E-state index in [4.69, 9.17) is 17.5 Å². The Bertz CT molecular complexity index is 1060. The van der Waals surface area contributed by atoms with Gasteiger partial charge in [-0.05, 0) is 24.3 Å². The van der Waals surface area contributed by atoms with Crippen molar-refractivity contribution < 1.29 is 118 Å². The minimum absolute atomic E-state index is 0.259. The summed E-state index contributed by atoms with van der Waals surface area (Å²) < 4.78 is 261. The van der Waals surface area contributed by atoms with Crippen LogP contribution in [0.3, 0.4) is 0 Å². The van der Waals surface area contributed by atoms with Crippen molar-refractivity contribution in [1.29, 1.82) is 0 Å². The molecular weight excluding hydrogens is 733 g/mol. The summed E-state index contributed by atoms with van der Waals surface area (Å²) in [5.74, 6) is -51.1. The molecule has 0 aliphatic heterocycles. The molecule has 0 amide bonds. The fraction of sp³-hybridized carbons (Fsp3) is 0.571. The molecule has 0 bridgehead atoms. The van der Waals surface area contributed by atoms with Gasteiger partial charge in [0.15, 0.2) is 3.57 Å². The number of rotatable bonds is 8. The molecule has 0 unspecified atom stereocenters. The Morgan fingerprint density at radius 2 is 0.842 bits per heavy atom. The van der Waals surface area contributed by atoms with E-state index in [1.807, 2.05) is 0 Å². The fourth-order valence-electron chi connectivity index (χ4n) is 1.83. The van der Waals surface area contributed by atoms with Gasteiger partial charge in [0.25, 0.3) is 0 Å². The second-order valence-corrected chi connectivity index (χ2v) is 10.4. The molecular formula is C14H5F18IO4S. The van der Waals surface area contributed by atoms with Crippen LogP contribution in [0.2, 0.25) is 0 Å². The zero-order chi connectivity index (χ0) is 31.2. The maximum atomic E-state index is 13.8. The van der Waals surface area contributed by atoms with Crippen LogP contribution < -0.4 is 21.2 Å². The molecule has 0 spiro atoms. The Hall–Kier alpha value is -1.44. The van der Waals surface area contributed by atoms with E-state index in [1.165, 1.54) is 0 Å². The van der Waals surface area contributed by atoms with Crippen LogP contribution in [0.4, 0.5) is 79.0 Å². The van der Waals surface area contributed by atoms with Crippen LogP contribution in [0.15, 0.2) is 24.3 Å². The maximum absolute atomic E-state index is 13.8. The van der Waals surface area contributed by atoms with E-state index >= 15 is 0 Å². The summed E-state index contributed by atoms with van der Waals surface area (Å²) in [5.41, 5.74) is 0. The molecule has 0 saturated carbocycles. The zero-order valence-corrected chi connectivity index (χ0v) is 19.5. The zero-order valence-electron chi connectivity index (χ0n) is 16.6. The number of hydrogen-bond acceptors (Lipinski definition) is 3. The van der Waals surface area contributed by atoms with Gasteiger partial charge in [0.1, 0.15) is 5.82 Å². The van der Waals surface area contributed by atoms with Gasteiger partial charge in [-0.25, -0.2) is 12.8 Å². The predicted octanol–water partition coefficient (Wildman–Crippen LogP) is 3.06. The lowest BCUT2D eigenvalue weighted by Gasteiger charge is -2.41. The highest BCUT2D eigenvalue weighted by Crippen LogP contribution is 2.63. The molecule has 0 aliphatic rings. The highest BCUT2D eigenvalue weighted by molar-refractivity contribution is 7.79. The topological polar surface area (TPSA) is 77.4 Å². The molecule has 1 aromatic rings. The molecule has 1 N–H and O–H groups in total. The number of benzene rings is 1. The molecule has 0 atom stereocenters. The lowest BCUT2D eigenvalue weighted by atomic mass is 9.91. The van der Waals surface area contributed by atoms with Gasteiger partial charge in [0.05, 0.1) is 0 Å². The molecule has 24 heteroatoms. The molecule has 0 radical (unpaired) electrons. The van der Waals surface area contributed by atoms with Gasteiger partial charge in [-0.2, -0.15) is 74.6 Å². The quantitative estimate of drug-likeness (QED) is 0.147. The Morgan fingerprint density at radius 1 is 0.579 bits per heavy atom. The second-order valence-electron chi connectivity index (χ2n) is 6.40. The van der Waals surface area contributed by atoms with E-state index in [2.05, 4.69) is 0 Å². The second kappa shape index (κ2) is 10.5. The monoisotopic (exact) mass is 738 g/mol. The standard InChI is InChI=1S/C14H4F18I.H2O4S/c15-5-1-3-6(4-2-5)33-14(31,32)12(26,27)10(22,23)8(18,19)7(16,17)9(20,21)11(24,25)13(28,29)30;1-5(2,3)4/h1-4H;(H2,1,2,3,4)/q+1;/p-1. The van der Waals surface area contributed by atoms with Crippen molar-refractivity contribution in [3.05, 3.63) is 33.7 Å². The smallest absolute Gasteiger partial charge is 0.516 e. The lowest BCUT2D eigenvalue weighted by Crippen LogP contribution is -3.68.